The average molecular weight is 256 g/mol. The topological polar surface area (TPSA) is 18.5 Å². The van der Waals surface area contributed by atoms with Crippen molar-refractivity contribution in [2.75, 3.05) is 13.2 Å². The summed E-state index contributed by atoms with van der Waals surface area (Å²) in [6.07, 6.45) is 13.2. The third kappa shape index (κ3) is 6.75. The predicted octanol–water partition coefficient (Wildman–Crippen LogP) is 4.92. The number of unbranched alkanes of at least 4 members (excludes halogenated alkanes) is 5. The van der Waals surface area contributed by atoms with E-state index in [0.717, 1.165) is 19.6 Å². The van der Waals surface area contributed by atoms with Crippen LogP contribution in [0.15, 0.2) is 0 Å². The highest BCUT2D eigenvalue weighted by Gasteiger charge is 2.24. The minimum atomic E-state index is 0.0920. The molecule has 1 heterocycles. The van der Waals surface area contributed by atoms with Gasteiger partial charge in [-0.05, 0) is 19.3 Å². The second-order valence-corrected chi connectivity index (χ2v) is 5.57. The van der Waals surface area contributed by atoms with Crippen molar-refractivity contribution in [1.29, 1.82) is 0 Å². The fraction of sp³-hybridized carbons (Fsp3) is 1.00. The number of ether oxygens (including phenoxy) is 2. The Morgan fingerprint density at radius 3 is 2.17 bits per heavy atom. The molecular weight excluding hydrogens is 224 g/mol. The quantitative estimate of drug-likeness (QED) is 0.517. The third-order valence-electron chi connectivity index (χ3n) is 3.83. The largest absolute Gasteiger partial charge is 0.352 e. The first-order valence-corrected chi connectivity index (χ1v) is 8.11. The van der Waals surface area contributed by atoms with Crippen LogP contribution in [0.1, 0.15) is 78.1 Å². The molecule has 0 radical (unpaired) electrons. The van der Waals surface area contributed by atoms with Gasteiger partial charge in [0.15, 0.2) is 6.29 Å². The molecule has 0 aromatic carbocycles. The van der Waals surface area contributed by atoms with Gasteiger partial charge in [0.2, 0.25) is 0 Å². The van der Waals surface area contributed by atoms with E-state index in [1.807, 2.05) is 0 Å². The Morgan fingerprint density at radius 1 is 0.833 bits per heavy atom. The summed E-state index contributed by atoms with van der Waals surface area (Å²) in [7, 11) is 0. The third-order valence-corrected chi connectivity index (χ3v) is 3.83. The summed E-state index contributed by atoms with van der Waals surface area (Å²) in [5, 5.41) is 0. The van der Waals surface area contributed by atoms with Crippen molar-refractivity contribution in [2.45, 2.75) is 84.3 Å². The second-order valence-electron chi connectivity index (χ2n) is 5.57. The zero-order chi connectivity index (χ0) is 13.1. The molecule has 0 spiro atoms. The first kappa shape index (κ1) is 16.0. The SMILES string of the molecule is CCCCCCCCC(CCC)C1OCCCO1. The van der Waals surface area contributed by atoms with E-state index in [0.29, 0.717) is 5.92 Å². The van der Waals surface area contributed by atoms with Gasteiger partial charge in [-0.2, -0.15) is 0 Å². The lowest BCUT2D eigenvalue weighted by atomic mass is 9.95. The predicted molar refractivity (Wildman–Crippen MR) is 76.7 cm³/mol. The van der Waals surface area contributed by atoms with E-state index < -0.39 is 0 Å². The molecule has 0 aromatic heterocycles. The van der Waals surface area contributed by atoms with Gasteiger partial charge in [-0.3, -0.25) is 0 Å². The highest BCUT2D eigenvalue weighted by molar-refractivity contribution is 4.66. The van der Waals surface area contributed by atoms with Crippen LogP contribution in [0.2, 0.25) is 0 Å². The van der Waals surface area contributed by atoms with Crippen LogP contribution in [0.5, 0.6) is 0 Å². The molecule has 0 bridgehead atoms. The van der Waals surface area contributed by atoms with Gasteiger partial charge < -0.3 is 9.47 Å². The van der Waals surface area contributed by atoms with Crippen LogP contribution < -0.4 is 0 Å². The Labute approximate surface area is 113 Å². The fourth-order valence-corrected chi connectivity index (χ4v) is 2.75. The molecule has 0 aromatic rings. The fourth-order valence-electron chi connectivity index (χ4n) is 2.75. The maximum absolute atomic E-state index is 5.77. The first-order valence-electron chi connectivity index (χ1n) is 8.11. The Kier molecular flexibility index (Phi) is 9.59. The van der Waals surface area contributed by atoms with Crippen LogP contribution in [0, 0.1) is 5.92 Å². The van der Waals surface area contributed by atoms with Gasteiger partial charge >= 0.3 is 0 Å². The van der Waals surface area contributed by atoms with Crippen molar-refractivity contribution in [2.24, 2.45) is 5.92 Å². The van der Waals surface area contributed by atoms with Crippen LogP contribution in [0.25, 0.3) is 0 Å². The molecule has 1 atom stereocenters. The zero-order valence-electron chi connectivity index (χ0n) is 12.5. The van der Waals surface area contributed by atoms with Gasteiger partial charge in [-0.1, -0.05) is 58.8 Å². The van der Waals surface area contributed by atoms with Crippen LogP contribution in [-0.2, 0) is 9.47 Å². The van der Waals surface area contributed by atoms with E-state index >= 15 is 0 Å². The molecule has 0 amide bonds. The minimum absolute atomic E-state index is 0.0920. The smallest absolute Gasteiger partial charge is 0.160 e. The standard InChI is InChI=1S/C16H32O2/c1-3-5-6-7-8-9-12-15(11-4-2)16-17-13-10-14-18-16/h15-16H,3-14H2,1-2H3. The summed E-state index contributed by atoms with van der Waals surface area (Å²) < 4.78 is 11.5. The molecule has 0 N–H and O–H groups in total. The average Bonchev–Trinajstić information content (AvgIpc) is 2.42. The molecule has 2 nitrogen and oxygen atoms in total. The number of rotatable bonds is 10. The van der Waals surface area contributed by atoms with Crippen molar-refractivity contribution in [3.8, 4) is 0 Å². The lowest BCUT2D eigenvalue weighted by molar-refractivity contribution is -0.207. The van der Waals surface area contributed by atoms with Gasteiger partial charge in [-0.15, -0.1) is 0 Å². The molecule has 1 rings (SSSR count). The summed E-state index contributed by atoms with van der Waals surface area (Å²) in [5.74, 6) is 0.626. The Balaban J connectivity index is 2.12. The van der Waals surface area contributed by atoms with Gasteiger partial charge in [0.1, 0.15) is 0 Å². The summed E-state index contributed by atoms with van der Waals surface area (Å²) >= 11 is 0. The molecule has 1 aliphatic heterocycles. The van der Waals surface area contributed by atoms with Crippen molar-refractivity contribution < 1.29 is 9.47 Å². The van der Waals surface area contributed by atoms with Gasteiger partial charge in [0.05, 0.1) is 13.2 Å². The van der Waals surface area contributed by atoms with Crippen LogP contribution in [0.3, 0.4) is 0 Å². The Hall–Kier alpha value is -0.0800. The Morgan fingerprint density at radius 2 is 1.50 bits per heavy atom. The molecule has 2 heteroatoms. The van der Waals surface area contributed by atoms with Crippen molar-refractivity contribution in [3.63, 3.8) is 0 Å². The summed E-state index contributed by atoms with van der Waals surface area (Å²) in [4.78, 5) is 0. The van der Waals surface area contributed by atoms with E-state index in [9.17, 15) is 0 Å². The maximum Gasteiger partial charge on any atom is 0.160 e. The molecule has 1 aliphatic rings. The monoisotopic (exact) mass is 256 g/mol. The van der Waals surface area contributed by atoms with E-state index in [2.05, 4.69) is 13.8 Å². The molecule has 0 aliphatic carbocycles. The maximum atomic E-state index is 5.77. The lowest BCUT2D eigenvalue weighted by Gasteiger charge is -2.30. The van der Waals surface area contributed by atoms with E-state index in [1.54, 1.807) is 0 Å². The van der Waals surface area contributed by atoms with Crippen LogP contribution in [0.4, 0.5) is 0 Å². The molecule has 18 heavy (non-hydrogen) atoms. The van der Waals surface area contributed by atoms with Crippen molar-refractivity contribution in [3.05, 3.63) is 0 Å². The number of hydrogen-bond acceptors (Lipinski definition) is 2. The van der Waals surface area contributed by atoms with Crippen LogP contribution in [-0.4, -0.2) is 19.5 Å². The summed E-state index contributed by atoms with van der Waals surface area (Å²) in [6.45, 7) is 6.31. The van der Waals surface area contributed by atoms with Crippen molar-refractivity contribution in [1.82, 2.24) is 0 Å². The van der Waals surface area contributed by atoms with E-state index in [-0.39, 0.29) is 6.29 Å². The summed E-state index contributed by atoms with van der Waals surface area (Å²) in [6, 6.07) is 0. The number of hydrogen-bond donors (Lipinski definition) is 0. The van der Waals surface area contributed by atoms with Gasteiger partial charge in [0, 0.05) is 5.92 Å². The minimum Gasteiger partial charge on any atom is -0.352 e. The highest BCUT2D eigenvalue weighted by atomic mass is 16.7. The lowest BCUT2D eigenvalue weighted by Crippen LogP contribution is -2.32. The molecule has 108 valence electrons. The zero-order valence-corrected chi connectivity index (χ0v) is 12.5. The molecule has 0 saturated carbocycles. The van der Waals surface area contributed by atoms with Gasteiger partial charge in [-0.25, -0.2) is 0 Å². The Bertz CT molecular complexity index is 176. The van der Waals surface area contributed by atoms with Crippen molar-refractivity contribution >= 4 is 0 Å². The van der Waals surface area contributed by atoms with Crippen LogP contribution >= 0.6 is 0 Å². The second kappa shape index (κ2) is 10.8. The molecular formula is C16H32O2. The van der Waals surface area contributed by atoms with E-state index in [4.69, 9.17) is 9.47 Å². The van der Waals surface area contributed by atoms with E-state index in [1.165, 1.54) is 57.8 Å². The highest BCUT2D eigenvalue weighted by Crippen LogP contribution is 2.25. The normalized spacial score (nSPS) is 19.0. The molecule has 1 unspecified atom stereocenters. The first-order chi connectivity index (χ1) is 8.88. The van der Waals surface area contributed by atoms with Gasteiger partial charge in [0.25, 0.3) is 0 Å². The summed E-state index contributed by atoms with van der Waals surface area (Å²) in [5.41, 5.74) is 0. The molecule has 1 saturated heterocycles. The molecule has 1 fully saturated rings.